The Kier molecular flexibility index (Phi) is 12.8. The number of methoxy groups -OCH3 is 1. The standard InChI is InChI=1S/C48H41F9N6O7/c1-67-26-29-6-5-19-62(29)24-34-39(31-7-2-3-8-33(31)59-34)27-11-13-28(14-12-27)40-37(25-60-20-22-61(23-21-60)35-10-4-9-32-30(35)17-18-58-32)63(70-45(66)48(55,56)57)36-15-16-38(68-43(64)46(49,50)51)42(41(36)40)69-44(65)47(52,53)54/h2-4,7-18,29,58-59H,5-6,19-26H2,1H3/t29-/m0/s1. The summed E-state index contributed by atoms with van der Waals surface area (Å²) in [6.45, 7) is 2.59. The molecule has 2 fully saturated rings. The maximum Gasteiger partial charge on any atom is 0.493 e. The van der Waals surface area contributed by atoms with E-state index in [4.69, 9.17) is 14.3 Å². The Morgan fingerprint density at radius 2 is 1.33 bits per heavy atom. The average Bonchev–Trinajstić information content (AvgIpc) is 4.12. The van der Waals surface area contributed by atoms with E-state index in [9.17, 15) is 53.9 Å². The second-order valence-electron chi connectivity index (χ2n) is 16.9. The Bertz CT molecular complexity index is 3100. The van der Waals surface area contributed by atoms with Crippen molar-refractivity contribution in [3.8, 4) is 33.8 Å². The topological polar surface area (TPSA) is 134 Å². The molecule has 1 atom stereocenters. The van der Waals surface area contributed by atoms with Gasteiger partial charge in [0.05, 0.1) is 23.2 Å². The normalized spacial score (nSPS) is 16.4. The van der Waals surface area contributed by atoms with Crippen LogP contribution in [0.5, 0.6) is 11.5 Å². The van der Waals surface area contributed by atoms with Crippen molar-refractivity contribution in [1.82, 2.24) is 24.5 Å². The van der Waals surface area contributed by atoms with Gasteiger partial charge < -0.3 is 33.9 Å². The minimum atomic E-state index is -5.79. The average molecular weight is 985 g/mol. The smallest absolute Gasteiger partial charge is 0.416 e. The molecular weight excluding hydrogens is 944 g/mol. The first-order valence-electron chi connectivity index (χ1n) is 21.8. The van der Waals surface area contributed by atoms with E-state index >= 15 is 0 Å². The number of alkyl halides is 9. The summed E-state index contributed by atoms with van der Waals surface area (Å²) in [4.78, 5) is 55.3. The summed E-state index contributed by atoms with van der Waals surface area (Å²) in [7, 11) is 1.63. The number of esters is 2. The van der Waals surface area contributed by atoms with Crippen LogP contribution in [-0.2, 0) is 32.2 Å². The third kappa shape index (κ3) is 9.49. The SMILES string of the molecule is COC[C@@H]1CCCN1Cc1[nH]c2ccccc2c1-c1ccc(-c2c(CN3CCN(c4cccc5[nH]ccc45)CC3)n(OC(=O)C(F)(F)F)c3ccc(OC(=O)C(F)(F)F)c(OC(=O)C(F)(F)F)c23)cc1. The highest BCUT2D eigenvalue weighted by Gasteiger charge is 2.46. The van der Waals surface area contributed by atoms with Crippen molar-refractivity contribution >= 4 is 56.3 Å². The van der Waals surface area contributed by atoms with E-state index < -0.39 is 58.8 Å². The monoisotopic (exact) mass is 984 g/mol. The molecule has 0 saturated carbocycles. The van der Waals surface area contributed by atoms with Gasteiger partial charge in [0.15, 0.2) is 11.5 Å². The van der Waals surface area contributed by atoms with Gasteiger partial charge in [-0.25, -0.2) is 14.4 Å². The van der Waals surface area contributed by atoms with E-state index in [0.29, 0.717) is 42.6 Å². The number of nitrogens with zero attached hydrogens (tertiary/aromatic N) is 4. The number of anilines is 1. The van der Waals surface area contributed by atoms with Gasteiger partial charge in [-0.05, 0) is 66.9 Å². The highest BCUT2D eigenvalue weighted by atomic mass is 19.4. The number of ether oxygens (including phenoxy) is 3. The van der Waals surface area contributed by atoms with Crippen molar-refractivity contribution in [2.45, 2.75) is 50.5 Å². The van der Waals surface area contributed by atoms with Gasteiger partial charge in [-0.15, -0.1) is 0 Å². The van der Waals surface area contributed by atoms with E-state index in [2.05, 4.69) is 24.5 Å². The van der Waals surface area contributed by atoms with E-state index in [-0.39, 0.29) is 42.5 Å². The van der Waals surface area contributed by atoms with Crippen LogP contribution < -0.4 is 19.2 Å². The van der Waals surface area contributed by atoms with E-state index in [0.717, 1.165) is 64.2 Å². The van der Waals surface area contributed by atoms with Crippen molar-refractivity contribution in [3.63, 3.8) is 0 Å². The number of likely N-dealkylation sites (tertiary alicyclic amines) is 1. The Morgan fingerprint density at radius 1 is 0.671 bits per heavy atom. The fourth-order valence-corrected chi connectivity index (χ4v) is 9.38. The Morgan fingerprint density at radius 3 is 2.01 bits per heavy atom. The largest absolute Gasteiger partial charge is 0.493 e. The van der Waals surface area contributed by atoms with Crippen LogP contribution >= 0.6 is 0 Å². The summed E-state index contributed by atoms with van der Waals surface area (Å²) in [5.74, 6) is -11.4. The number of piperazine rings is 1. The van der Waals surface area contributed by atoms with Crippen LogP contribution in [0.1, 0.15) is 24.2 Å². The number of fused-ring (bicyclic) bond motifs is 3. The van der Waals surface area contributed by atoms with Gasteiger partial charge >= 0.3 is 36.4 Å². The van der Waals surface area contributed by atoms with E-state index in [1.54, 1.807) is 30.3 Å². The predicted octanol–water partition coefficient (Wildman–Crippen LogP) is 9.32. The molecule has 4 aromatic carbocycles. The van der Waals surface area contributed by atoms with E-state index in [1.165, 1.54) is 12.1 Å². The molecule has 5 heterocycles. The molecule has 0 radical (unpaired) electrons. The first-order valence-corrected chi connectivity index (χ1v) is 21.8. The lowest BCUT2D eigenvalue weighted by atomic mass is 9.96. The number of carbonyl (C=O) groups excluding carboxylic acids is 3. The van der Waals surface area contributed by atoms with E-state index in [1.807, 2.05) is 48.5 Å². The molecular formula is C48H41F9N6O7. The Hall–Kier alpha value is -7.04. The lowest BCUT2D eigenvalue weighted by Gasteiger charge is -2.36. The van der Waals surface area contributed by atoms with Gasteiger partial charge in [0.2, 0.25) is 0 Å². The molecule has 13 nitrogen and oxygen atoms in total. The number of para-hydroxylation sites is 1. The number of aromatic nitrogens is 3. The quantitative estimate of drug-likeness (QED) is 0.0694. The summed E-state index contributed by atoms with van der Waals surface area (Å²) in [6.07, 6.45) is -13.5. The highest BCUT2D eigenvalue weighted by molar-refractivity contribution is 6.06. The zero-order chi connectivity index (χ0) is 49.7. The third-order valence-corrected chi connectivity index (χ3v) is 12.5. The number of carbonyl (C=O) groups is 3. The van der Waals surface area contributed by atoms with Gasteiger partial charge in [-0.1, -0.05) is 48.5 Å². The van der Waals surface area contributed by atoms with Crippen LogP contribution in [0.25, 0.3) is 55.0 Å². The molecule has 2 saturated heterocycles. The minimum absolute atomic E-state index is 0.0213. The lowest BCUT2D eigenvalue weighted by Crippen LogP contribution is -2.46. The third-order valence-electron chi connectivity index (χ3n) is 12.5. The molecule has 7 aromatic rings. The Labute approximate surface area is 391 Å². The van der Waals surface area contributed by atoms with Crippen molar-refractivity contribution in [2.24, 2.45) is 0 Å². The van der Waals surface area contributed by atoms with Gasteiger partial charge in [0.1, 0.15) is 0 Å². The van der Waals surface area contributed by atoms with Gasteiger partial charge in [0, 0.05) is 103 Å². The fraction of sp³-hybridized carbons (Fsp3) is 0.312. The Balaban J connectivity index is 1.21. The number of H-pyrrole nitrogens is 2. The fourth-order valence-electron chi connectivity index (χ4n) is 9.38. The molecule has 0 bridgehead atoms. The summed E-state index contributed by atoms with van der Waals surface area (Å²) in [5, 5.41) is 1.01. The van der Waals surface area contributed by atoms with Gasteiger partial charge in [-0.3, -0.25) is 9.80 Å². The first kappa shape index (κ1) is 48.0. The molecule has 0 unspecified atom stereocenters. The van der Waals surface area contributed by atoms with Crippen LogP contribution in [-0.4, -0.2) is 113 Å². The zero-order valence-corrected chi connectivity index (χ0v) is 36.9. The molecule has 3 aromatic heterocycles. The molecule has 2 aliphatic rings. The lowest BCUT2D eigenvalue weighted by molar-refractivity contribution is -0.199. The van der Waals surface area contributed by atoms with Crippen LogP contribution in [0, 0.1) is 0 Å². The molecule has 22 heteroatoms. The molecule has 2 N–H and O–H groups in total. The number of halogens is 9. The maximum atomic E-state index is 14.1. The molecule has 70 heavy (non-hydrogen) atoms. The maximum absolute atomic E-state index is 14.1. The minimum Gasteiger partial charge on any atom is -0.416 e. The number of hydrogen-bond donors (Lipinski definition) is 2. The molecule has 0 amide bonds. The number of nitrogens with one attached hydrogen (secondary N) is 2. The first-order chi connectivity index (χ1) is 33.3. The summed E-state index contributed by atoms with van der Waals surface area (Å²) in [5.41, 5.74) is 3.53. The molecule has 368 valence electrons. The van der Waals surface area contributed by atoms with Gasteiger partial charge in [0.25, 0.3) is 0 Å². The van der Waals surface area contributed by atoms with Crippen LogP contribution in [0.4, 0.5) is 45.2 Å². The summed E-state index contributed by atoms with van der Waals surface area (Å²) in [6, 6.07) is 22.7. The second kappa shape index (κ2) is 18.7. The molecule has 9 rings (SSSR count). The molecule has 0 aliphatic carbocycles. The van der Waals surface area contributed by atoms with Crippen molar-refractivity contribution in [3.05, 3.63) is 103 Å². The highest BCUT2D eigenvalue weighted by Crippen LogP contribution is 2.47. The number of rotatable bonds is 12. The predicted molar refractivity (Wildman–Crippen MR) is 237 cm³/mol. The molecule has 0 spiro atoms. The molecule has 2 aliphatic heterocycles. The second-order valence-corrected chi connectivity index (χ2v) is 16.9. The van der Waals surface area contributed by atoms with Crippen molar-refractivity contribution < 1.29 is 72.9 Å². The van der Waals surface area contributed by atoms with Gasteiger partial charge in [-0.2, -0.15) is 44.2 Å². The number of hydrogen-bond acceptors (Lipinski definition) is 10. The summed E-state index contributed by atoms with van der Waals surface area (Å²) < 4.78 is 140. The van der Waals surface area contributed by atoms with Crippen molar-refractivity contribution in [2.75, 3.05) is 51.3 Å². The zero-order valence-electron chi connectivity index (χ0n) is 36.9. The van der Waals surface area contributed by atoms with Crippen molar-refractivity contribution in [1.29, 1.82) is 0 Å². The van der Waals surface area contributed by atoms with Crippen LogP contribution in [0.2, 0.25) is 0 Å². The van der Waals surface area contributed by atoms with Crippen LogP contribution in [0.3, 0.4) is 0 Å². The number of benzene rings is 4. The summed E-state index contributed by atoms with van der Waals surface area (Å²) >= 11 is 0. The van der Waals surface area contributed by atoms with Crippen LogP contribution in [0.15, 0.2) is 91.1 Å². The number of aromatic amines is 2.